The van der Waals surface area contributed by atoms with Gasteiger partial charge in [-0.25, -0.2) is 4.98 Å². The van der Waals surface area contributed by atoms with Crippen LogP contribution in [0.3, 0.4) is 0 Å². The molecule has 0 radical (unpaired) electrons. The van der Waals surface area contributed by atoms with E-state index in [-0.39, 0.29) is 23.2 Å². The summed E-state index contributed by atoms with van der Waals surface area (Å²) in [7, 11) is 1.67. The number of benzene rings is 2. The Labute approximate surface area is 163 Å². The number of rotatable bonds is 4. The van der Waals surface area contributed by atoms with Gasteiger partial charge in [0.2, 0.25) is 0 Å². The van der Waals surface area contributed by atoms with E-state index in [0.717, 1.165) is 38.0 Å². The zero-order valence-electron chi connectivity index (χ0n) is 16.0. The smallest absolute Gasteiger partial charge is 0.282 e. The Morgan fingerprint density at radius 3 is 2.50 bits per heavy atom. The Morgan fingerprint density at radius 2 is 1.75 bits per heavy atom. The van der Waals surface area contributed by atoms with Crippen LogP contribution in [0, 0.1) is 0 Å². The fourth-order valence-electron chi connectivity index (χ4n) is 3.76. The second-order valence-corrected chi connectivity index (χ2v) is 7.32. The second-order valence-electron chi connectivity index (χ2n) is 7.32. The van der Waals surface area contributed by atoms with E-state index in [4.69, 9.17) is 0 Å². The fraction of sp³-hybridized carbons (Fsp3) is 0.318. The average molecular weight is 376 g/mol. The first kappa shape index (κ1) is 18.4. The maximum atomic E-state index is 12.7. The first-order valence-corrected chi connectivity index (χ1v) is 9.65. The number of hydrogen-bond acceptors (Lipinski definition) is 4. The minimum Gasteiger partial charge on any atom is -0.348 e. The molecule has 0 spiro atoms. The van der Waals surface area contributed by atoms with Gasteiger partial charge in [-0.2, -0.15) is 0 Å². The van der Waals surface area contributed by atoms with Crippen molar-refractivity contribution in [3.05, 3.63) is 76.2 Å². The molecule has 6 nitrogen and oxygen atoms in total. The van der Waals surface area contributed by atoms with E-state index in [1.54, 1.807) is 7.05 Å². The van der Waals surface area contributed by atoms with Gasteiger partial charge in [0, 0.05) is 32.7 Å². The largest absolute Gasteiger partial charge is 0.348 e. The molecule has 1 amide bonds. The topological polar surface area (TPSA) is 67.2 Å². The molecule has 1 N–H and O–H groups in total. The average Bonchev–Trinajstić information content (AvgIpc) is 2.73. The number of piperidine rings is 1. The predicted octanol–water partition coefficient (Wildman–Crippen LogP) is 2.33. The maximum absolute atomic E-state index is 12.7. The molecule has 1 aliphatic rings. The third kappa shape index (κ3) is 3.82. The van der Waals surface area contributed by atoms with Crippen molar-refractivity contribution in [2.24, 2.45) is 7.05 Å². The van der Waals surface area contributed by atoms with E-state index in [2.05, 4.69) is 39.5 Å². The molecule has 1 saturated heterocycles. The van der Waals surface area contributed by atoms with Crippen LogP contribution in [-0.2, 0) is 13.6 Å². The van der Waals surface area contributed by atoms with E-state index >= 15 is 0 Å². The quantitative estimate of drug-likeness (QED) is 0.759. The van der Waals surface area contributed by atoms with E-state index in [1.807, 2.05) is 30.3 Å². The maximum Gasteiger partial charge on any atom is 0.282 e. The van der Waals surface area contributed by atoms with Gasteiger partial charge >= 0.3 is 0 Å². The molecule has 0 unspecified atom stereocenters. The summed E-state index contributed by atoms with van der Waals surface area (Å²) < 4.78 is 1.49. The third-order valence-electron chi connectivity index (χ3n) is 5.37. The number of para-hydroxylation sites is 2. The van der Waals surface area contributed by atoms with Gasteiger partial charge in [0.1, 0.15) is 0 Å². The predicted molar refractivity (Wildman–Crippen MR) is 109 cm³/mol. The van der Waals surface area contributed by atoms with Gasteiger partial charge in [0.15, 0.2) is 5.69 Å². The van der Waals surface area contributed by atoms with Gasteiger partial charge in [0.25, 0.3) is 11.5 Å². The summed E-state index contributed by atoms with van der Waals surface area (Å²) in [6.45, 7) is 2.76. The summed E-state index contributed by atoms with van der Waals surface area (Å²) in [4.78, 5) is 32.0. The highest BCUT2D eigenvalue weighted by Crippen LogP contribution is 2.14. The van der Waals surface area contributed by atoms with Crippen LogP contribution >= 0.6 is 0 Å². The number of fused-ring (bicyclic) bond motifs is 1. The number of likely N-dealkylation sites (tertiary alicyclic amines) is 1. The zero-order valence-corrected chi connectivity index (χ0v) is 16.0. The lowest BCUT2D eigenvalue weighted by atomic mass is 10.0. The number of carbonyl (C=O) groups excluding carboxylic acids is 1. The Kier molecular flexibility index (Phi) is 5.21. The SMILES string of the molecule is Cn1c(=O)c(C(=O)NC2CCN(Cc3ccccc3)CC2)nc2ccccc21. The summed E-state index contributed by atoms with van der Waals surface area (Å²) in [5, 5.41) is 3.01. The van der Waals surface area contributed by atoms with Gasteiger partial charge in [-0.3, -0.25) is 14.5 Å². The number of nitrogens with one attached hydrogen (secondary N) is 1. The van der Waals surface area contributed by atoms with Crippen molar-refractivity contribution in [3.8, 4) is 0 Å². The van der Waals surface area contributed by atoms with E-state index in [9.17, 15) is 9.59 Å². The summed E-state index contributed by atoms with van der Waals surface area (Å²) in [6.07, 6.45) is 1.74. The first-order chi connectivity index (χ1) is 13.6. The van der Waals surface area contributed by atoms with Crippen LogP contribution in [0.1, 0.15) is 28.9 Å². The molecule has 4 rings (SSSR count). The van der Waals surface area contributed by atoms with Crippen LogP contribution in [0.4, 0.5) is 0 Å². The van der Waals surface area contributed by atoms with Crippen LogP contribution in [-0.4, -0.2) is 39.5 Å². The number of amides is 1. The van der Waals surface area contributed by atoms with Crippen molar-refractivity contribution in [2.45, 2.75) is 25.4 Å². The zero-order chi connectivity index (χ0) is 19.5. The molecule has 0 saturated carbocycles. The molecule has 0 aliphatic carbocycles. The molecular formula is C22H24N4O2. The van der Waals surface area contributed by atoms with Gasteiger partial charge < -0.3 is 9.88 Å². The van der Waals surface area contributed by atoms with Gasteiger partial charge in [-0.15, -0.1) is 0 Å². The molecule has 28 heavy (non-hydrogen) atoms. The third-order valence-corrected chi connectivity index (χ3v) is 5.37. The van der Waals surface area contributed by atoms with Crippen LogP contribution in [0.25, 0.3) is 11.0 Å². The van der Waals surface area contributed by atoms with Crippen LogP contribution in [0.5, 0.6) is 0 Å². The van der Waals surface area contributed by atoms with Crippen molar-refractivity contribution in [2.75, 3.05) is 13.1 Å². The van der Waals surface area contributed by atoms with Crippen molar-refractivity contribution in [3.63, 3.8) is 0 Å². The number of aryl methyl sites for hydroxylation is 1. The summed E-state index contributed by atoms with van der Waals surface area (Å²) in [5.41, 5.74) is 2.27. The molecule has 1 fully saturated rings. The Bertz CT molecular complexity index is 1040. The molecule has 144 valence electrons. The van der Waals surface area contributed by atoms with Crippen molar-refractivity contribution < 1.29 is 4.79 Å². The lowest BCUT2D eigenvalue weighted by Gasteiger charge is -2.32. The van der Waals surface area contributed by atoms with Crippen LogP contribution in [0.15, 0.2) is 59.4 Å². The molecule has 1 aliphatic heterocycles. The highest BCUT2D eigenvalue weighted by atomic mass is 16.2. The van der Waals surface area contributed by atoms with E-state index in [0.29, 0.717) is 5.52 Å². The van der Waals surface area contributed by atoms with Crippen LogP contribution < -0.4 is 10.9 Å². The fourth-order valence-corrected chi connectivity index (χ4v) is 3.76. The lowest BCUT2D eigenvalue weighted by Crippen LogP contribution is -2.46. The standard InChI is InChI=1S/C22H24N4O2/c1-25-19-10-6-5-9-18(19)24-20(22(25)28)21(27)23-17-11-13-26(14-12-17)15-16-7-3-2-4-8-16/h2-10,17H,11-15H2,1H3,(H,23,27). The molecule has 1 aromatic heterocycles. The minimum atomic E-state index is -0.382. The number of hydrogen-bond donors (Lipinski definition) is 1. The lowest BCUT2D eigenvalue weighted by molar-refractivity contribution is 0.0902. The summed E-state index contributed by atoms with van der Waals surface area (Å²) in [5.74, 6) is -0.382. The van der Waals surface area contributed by atoms with Gasteiger partial charge in [0.05, 0.1) is 11.0 Å². The number of nitrogens with zero attached hydrogens (tertiary/aromatic N) is 3. The van der Waals surface area contributed by atoms with Gasteiger partial charge in [-0.1, -0.05) is 42.5 Å². The van der Waals surface area contributed by atoms with E-state index < -0.39 is 0 Å². The van der Waals surface area contributed by atoms with Crippen molar-refractivity contribution >= 4 is 16.9 Å². The van der Waals surface area contributed by atoms with Gasteiger partial charge in [-0.05, 0) is 30.5 Å². The summed E-state index contributed by atoms with van der Waals surface area (Å²) >= 11 is 0. The molecule has 3 aromatic rings. The first-order valence-electron chi connectivity index (χ1n) is 9.65. The van der Waals surface area contributed by atoms with Crippen LogP contribution in [0.2, 0.25) is 0 Å². The minimum absolute atomic E-state index is 0.0343. The number of carbonyl (C=O) groups is 1. The molecular weight excluding hydrogens is 352 g/mol. The molecule has 2 heterocycles. The molecule has 6 heteroatoms. The highest BCUT2D eigenvalue weighted by Gasteiger charge is 2.23. The Hall–Kier alpha value is -2.99. The van der Waals surface area contributed by atoms with E-state index in [1.165, 1.54) is 10.1 Å². The Morgan fingerprint density at radius 1 is 1.07 bits per heavy atom. The molecule has 2 aromatic carbocycles. The normalized spacial score (nSPS) is 15.6. The molecule has 0 atom stereocenters. The van der Waals surface area contributed by atoms with Crippen molar-refractivity contribution in [1.82, 2.24) is 19.8 Å². The Balaban J connectivity index is 1.40. The second kappa shape index (κ2) is 7.94. The summed E-state index contributed by atoms with van der Waals surface area (Å²) in [6, 6.07) is 17.8. The highest BCUT2D eigenvalue weighted by molar-refractivity contribution is 5.94. The molecule has 0 bridgehead atoms. The monoisotopic (exact) mass is 376 g/mol. The number of aromatic nitrogens is 2. The van der Waals surface area contributed by atoms with Crippen molar-refractivity contribution in [1.29, 1.82) is 0 Å².